The van der Waals surface area contributed by atoms with E-state index in [0.717, 1.165) is 12.1 Å². The highest BCUT2D eigenvalue weighted by atomic mass is 14.8. The van der Waals surface area contributed by atoms with E-state index in [-0.39, 0.29) is 5.54 Å². The summed E-state index contributed by atoms with van der Waals surface area (Å²) in [5.74, 6) is 0. The van der Waals surface area contributed by atoms with Crippen molar-refractivity contribution in [2.45, 2.75) is 25.8 Å². The topological polar surface area (TPSA) is 25.2 Å². The molecule has 0 saturated carbocycles. The molecule has 0 bridgehead atoms. The quantitative estimate of drug-likeness (QED) is 0.748. The molecule has 0 aliphatic rings. The summed E-state index contributed by atoms with van der Waals surface area (Å²) in [4.78, 5) is 8.87. The van der Waals surface area contributed by atoms with Crippen molar-refractivity contribution in [1.29, 1.82) is 0 Å². The fraction of sp³-hybridized carbons (Fsp3) is 0.250. The lowest BCUT2D eigenvalue weighted by atomic mass is 9.96. The number of rotatable bonds is 4. The summed E-state index contributed by atoms with van der Waals surface area (Å²) in [7, 11) is 0. The highest BCUT2D eigenvalue weighted by Crippen LogP contribution is 2.16. The predicted molar refractivity (Wildman–Crippen MR) is 76.1 cm³/mol. The maximum atomic E-state index is 4.63. The Kier molecular flexibility index (Phi) is 3.88. The van der Waals surface area contributed by atoms with Gasteiger partial charge in [0, 0.05) is 12.4 Å². The molecule has 2 aromatic rings. The third kappa shape index (κ3) is 3.81. The summed E-state index contributed by atoms with van der Waals surface area (Å²) < 4.78 is 0. The number of hydrogen-bond donors (Lipinski definition) is 0. The lowest BCUT2D eigenvalue weighted by Crippen LogP contribution is -2.20. The zero-order valence-corrected chi connectivity index (χ0v) is 10.9. The average molecular weight is 238 g/mol. The van der Waals surface area contributed by atoms with Crippen LogP contribution >= 0.6 is 0 Å². The molecule has 0 atom stereocenters. The standard InChI is InChI=1S/C16H18N2/c1-16(2,12-14-8-4-3-5-9-14)18-13-15-10-6-7-11-17-15/h3-11,13H,12H2,1-2H3. The maximum Gasteiger partial charge on any atom is 0.0808 e. The molecule has 0 saturated heterocycles. The highest BCUT2D eigenvalue weighted by molar-refractivity contribution is 5.77. The van der Waals surface area contributed by atoms with Gasteiger partial charge in [0.2, 0.25) is 0 Å². The van der Waals surface area contributed by atoms with E-state index in [0.29, 0.717) is 0 Å². The van der Waals surface area contributed by atoms with E-state index in [1.165, 1.54) is 5.56 Å². The van der Waals surface area contributed by atoms with E-state index < -0.39 is 0 Å². The summed E-state index contributed by atoms with van der Waals surface area (Å²) in [6.45, 7) is 4.28. The number of hydrogen-bond acceptors (Lipinski definition) is 2. The molecular weight excluding hydrogens is 220 g/mol. The van der Waals surface area contributed by atoms with Gasteiger partial charge in [-0.3, -0.25) is 9.98 Å². The lowest BCUT2D eigenvalue weighted by Gasteiger charge is -2.19. The molecule has 0 amide bonds. The molecule has 0 aliphatic heterocycles. The molecular formula is C16H18N2. The van der Waals surface area contributed by atoms with Crippen LogP contribution in [0.15, 0.2) is 59.7 Å². The van der Waals surface area contributed by atoms with Gasteiger partial charge in [-0.1, -0.05) is 36.4 Å². The predicted octanol–water partition coefficient (Wildman–Crippen LogP) is 3.52. The SMILES string of the molecule is CC(C)(Cc1ccccc1)N=Cc1ccccn1. The van der Waals surface area contributed by atoms with Crippen molar-refractivity contribution in [3.05, 3.63) is 66.0 Å². The third-order valence-corrected chi connectivity index (χ3v) is 2.71. The zero-order valence-electron chi connectivity index (χ0n) is 10.9. The smallest absolute Gasteiger partial charge is 0.0808 e. The first-order valence-electron chi connectivity index (χ1n) is 6.16. The van der Waals surface area contributed by atoms with Crippen LogP contribution in [-0.4, -0.2) is 16.7 Å². The fourth-order valence-electron chi connectivity index (χ4n) is 1.83. The van der Waals surface area contributed by atoms with Gasteiger partial charge in [0.05, 0.1) is 11.2 Å². The van der Waals surface area contributed by atoms with Gasteiger partial charge in [0.25, 0.3) is 0 Å². The number of benzene rings is 1. The minimum absolute atomic E-state index is 0.112. The number of aromatic nitrogens is 1. The van der Waals surface area contributed by atoms with Crippen LogP contribution in [0.25, 0.3) is 0 Å². The Morgan fingerprint density at radius 2 is 1.78 bits per heavy atom. The maximum absolute atomic E-state index is 4.63. The van der Waals surface area contributed by atoms with E-state index in [4.69, 9.17) is 0 Å². The van der Waals surface area contributed by atoms with Gasteiger partial charge in [-0.05, 0) is 38.0 Å². The second-order valence-electron chi connectivity index (χ2n) is 4.99. The van der Waals surface area contributed by atoms with Gasteiger partial charge in [-0.25, -0.2) is 0 Å². The molecule has 0 unspecified atom stereocenters. The summed E-state index contributed by atoms with van der Waals surface area (Å²) >= 11 is 0. The van der Waals surface area contributed by atoms with Crippen molar-refractivity contribution in [3.8, 4) is 0 Å². The van der Waals surface area contributed by atoms with E-state index in [9.17, 15) is 0 Å². The molecule has 2 nitrogen and oxygen atoms in total. The molecule has 1 aromatic heterocycles. The monoisotopic (exact) mass is 238 g/mol. The molecule has 1 heterocycles. The Balaban J connectivity index is 2.06. The molecule has 1 aromatic carbocycles. The van der Waals surface area contributed by atoms with Crippen LogP contribution in [0.5, 0.6) is 0 Å². The Hall–Kier alpha value is -1.96. The van der Waals surface area contributed by atoms with Gasteiger partial charge in [0.15, 0.2) is 0 Å². The molecule has 18 heavy (non-hydrogen) atoms. The molecule has 0 N–H and O–H groups in total. The Morgan fingerprint density at radius 1 is 1.06 bits per heavy atom. The minimum Gasteiger partial charge on any atom is -0.285 e. The summed E-state index contributed by atoms with van der Waals surface area (Å²) in [6.07, 6.45) is 4.56. The molecule has 0 radical (unpaired) electrons. The molecule has 0 aliphatic carbocycles. The van der Waals surface area contributed by atoms with Crippen molar-refractivity contribution in [2.24, 2.45) is 4.99 Å². The van der Waals surface area contributed by atoms with Crippen LogP contribution in [0.1, 0.15) is 25.1 Å². The van der Waals surface area contributed by atoms with Gasteiger partial charge in [0.1, 0.15) is 0 Å². The van der Waals surface area contributed by atoms with Crippen LogP contribution in [-0.2, 0) is 6.42 Å². The van der Waals surface area contributed by atoms with E-state index in [1.54, 1.807) is 6.20 Å². The zero-order chi connectivity index (χ0) is 12.8. The van der Waals surface area contributed by atoms with E-state index >= 15 is 0 Å². The molecule has 0 fully saturated rings. The van der Waals surface area contributed by atoms with Crippen LogP contribution in [0.4, 0.5) is 0 Å². The van der Waals surface area contributed by atoms with Gasteiger partial charge in [-0.2, -0.15) is 0 Å². The Labute approximate surface area is 108 Å². The Morgan fingerprint density at radius 3 is 2.44 bits per heavy atom. The number of aliphatic imine (C=N–C) groups is 1. The second-order valence-corrected chi connectivity index (χ2v) is 4.99. The van der Waals surface area contributed by atoms with Crippen LogP contribution in [0, 0.1) is 0 Å². The van der Waals surface area contributed by atoms with Crippen molar-refractivity contribution < 1.29 is 0 Å². The molecule has 92 valence electrons. The first-order chi connectivity index (χ1) is 8.66. The molecule has 0 spiro atoms. The van der Waals surface area contributed by atoms with Crippen LogP contribution in [0.3, 0.4) is 0 Å². The first kappa shape index (κ1) is 12.5. The van der Waals surface area contributed by atoms with E-state index in [1.807, 2.05) is 30.5 Å². The van der Waals surface area contributed by atoms with Crippen molar-refractivity contribution in [1.82, 2.24) is 4.98 Å². The second kappa shape index (κ2) is 5.58. The van der Waals surface area contributed by atoms with Crippen molar-refractivity contribution >= 4 is 6.21 Å². The van der Waals surface area contributed by atoms with Gasteiger partial charge < -0.3 is 0 Å². The number of nitrogens with zero attached hydrogens (tertiary/aromatic N) is 2. The summed E-state index contributed by atoms with van der Waals surface area (Å²) in [5.41, 5.74) is 2.10. The largest absolute Gasteiger partial charge is 0.285 e. The average Bonchev–Trinajstić information content (AvgIpc) is 2.38. The fourth-order valence-corrected chi connectivity index (χ4v) is 1.83. The van der Waals surface area contributed by atoms with Crippen molar-refractivity contribution in [3.63, 3.8) is 0 Å². The van der Waals surface area contributed by atoms with Gasteiger partial charge >= 0.3 is 0 Å². The van der Waals surface area contributed by atoms with Crippen molar-refractivity contribution in [2.75, 3.05) is 0 Å². The highest BCUT2D eigenvalue weighted by Gasteiger charge is 2.15. The first-order valence-corrected chi connectivity index (χ1v) is 6.16. The summed E-state index contributed by atoms with van der Waals surface area (Å²) in [5, 5.41) is 0. The van der Waals surface area contributed by atoms with E-state index in [2.05, 4.69) is 48.1 Å². The van der Waals surface area contributed by atoms with Crippen LogP contribution in [0.2, 0.25) is 0 Å². The van der Waals surface area contributed by atoms with Gasteiger partial charge in [-0.15, -0.1) is 0 Å². The third-order valence-electron chi connectivity index (χ3n) is 2.71. The number of pyridine rings is 1. The normalized spacial score (nSPS) is 11.9. The summed E-state index contributed by atoms with van der Waals surface area (Å²) in [6, 6.07) is 16.3. The molecule has 2 rings (SSSR count). The lowest BCUT2D eigenvalue weighted by molar-refractivity contribution is 0.522. The minimum atomic E-state index is -0.112. The Bertz CT molecular complexity index is 501. The van der Waals surface area contributed by atoms with Crippen LogP contribution < -0.4 is 0 Å². The molecule has 2 heteroatoms.